The summed E-state index contributed by atoms with van der Waals surface area (Å²) < 4.78 is 5.29. The topological polar surface area (TPSA) is 45.7 Å². The summed E-state index contributed by atoms with van der Waals surface area (Å²) in [5.74, 6) is 1.87. The quantitative estimate of drug-likeness (QED) is 0.794. The molecule has 3 rings (SSSR count). The van der Waals surface area contributed by atoms with Crippen molar-refractivity contribution < 1.29 is 9.53 Å². The molecule has 0 N–H and O–H groups in total. The minimum atomic E-state index is 0.0558. The number of aromatic nitrogens is 1. The number of hydrogen-bond acceptors (Lipinski definition) is 4. The molecule has 26 heavy (non-hydrogen) atoms. The van der Waals surface area contributed by atoms with Crippen molar-refractivity contribution in [1.29, 1.82) is 0 Å². The van der Waals surface area contributed by atoms with Crippen molar-refractivity contribution in [3.63, 3.8) is 0 Å². The number of nitrogens with zero attached hydrogens (tertiary/aromatic N) is 3. The van der Waals surface area contributed by atoms with E-state index in [1.807, 2.05) is 55.2 Å². The average Bonchev–Trinajstić information content (AvgIpc) is 2.67. The molecule has 2 aromatic rings. The predicted molar refractivity (Wildman–Crippen MR) is 105 cm³/mol. The number of pyridine rings is 1. The van der Waals surface area contributed by atoms with Crippen LogP contribution in [0.15, 0.2) is 42.6 Å². The second-order valence-electron chi connectivity index (χ2n) is 6.51. The number of anilines is 1. The Morgan fingerprint density at radius 1 is 1.12 bits per heavy atom. The van der Waals surface area contributed by atoms with E-state index in [2.05, 4.69) is 9.88 Å². The van der Waals surface area contributed by atoms with Crippen molar-refractivity contribution >= 4 is 17.8 Å². The van der Waals surface area contributed by atoms with Crippen LogP contribution in [0.5, 0.6) is 5.75 Å². The fourth-order valence-corrected chi connectivity index (χ4v) is 3.27. The highest BCUT2D eigenvalue weighted by Gasteiger charge is 2.20. The molecule has 0 atom stereocenters. The Bertz CT molecular complexity index is 771. The SMILES string of the molecule is COc1cc(C)c(/C=C/C(=O)N2CCN(c3ccccn3)CC2)c(C)c1. The van der Waals surface area contributed by atoms with Gasteiger partial charge in [-0.15, -0.1) is 0 Å². The van der Waals surface area contributed by atoms with E-state index in [9.17, 15) is 4.79 Å². The zero-order valence-electron chi connectivity index (χ0n) is 15.6. The summed E-state index contributed by atoms with van der Waals surface area (Å²) in [6.07, 6.45) is 5.39. The number of methoxy groups -OCH3 is 1. The molecule has 0 saturated carbocycles. The molecule has 1 aliphatic heterocycles. The van der Waals surface area contributed by atoms with Crippen LogP contribution in [0.2, 0.25) is 0 Å². The molecule has 1 fully saturated rings. The van der Waals surface area contributed by atoms with Crippen molar-refractivity contribution in [3.05, 3.63) is 59.3 Å². The zero-order chi connectivity index (χ0) is 18.5. The van der Waals surface area contributed by atoms with E-state index in [0.29, 0.717) is 13.1 Å². The summed E-state index contributed by atoms with van der Waals surface area (Å²) in [7, 11) is 1.66. The Labute approximate surface area is 154 Å². The van der Waals surface area contributed by atoms with Crippen LogP contribution in [0.3, 0.4) is 0 Å². The fourth-order valence-electron chi connectivity index (χ4n) is 3.27. The van der Waals surface area contributed by atoms with Crippen LogP contribution in [0, 0.1) is 13.8 Å². The minimum absolute atomic E-state index is 0.0558. The molecule has 0 unspecified atom stereocenters. The molecular weight excluding hydrogens is 326 g/mol. The summed E-state index contributed by atoms with van der Waals surface area (Å²) in [6.45, 7) is 7.09. The molecular formula is C21H25N3O2. The lowest BCUT2D eigenvalue weighted by Crippen LogP contribution is -2.48. The number of rotatable bonds is 4. The van der Waals surface area contributed by atoms with Crippen molar-refractivity contribution in [1.82, 2.24) is 9.88 Å². The number of benzene rings is 1. The summed E-state index contributed by atoms with van der Waals surface area (Å²) in [6, 6.07) is 9.89. The largest absolute Gasteiger partial charge is 0.497 e. The number of amides is 1. The van der Waals surface area contributed by atoms with Crippen LogP contribution in [0.1, 0.15) is 16.7 Å². The third-order valence-electron chi connectivity index (χ3n) is 4.76. The summed E-state index contributed by atoms with van der Waals surface area (Å²) >= 11 is 0. The number of carbonyl (C=O) groups is 1. The molecule has 5 nitrogen and oxygen atoms in total. The van der Waals surface area contributed by atoms with E-state index >= 15 is 0 Å². The van der Waals surface area contributed by atoms with Gasteiger partial charge in [-0.25, -0.2) is 4.98 Å². The first-order chi connectivity index (χ1) is 12.6. The van der Waals surface area contributed by atoms with Crippen molar-refractivity contribution in [2.45, 2.75) is 13.8 Å². The van der Waals surface area contributed by atoms with E-state index < -0.39 is 0 Å². The molecule has 0 radical (unpaired) electrons. The first kappa shape index (κ1) is 18.0. The van der Waals surface area contributed by atoms with Gasteiger partial charge in [-0.2, -0.15) is 0 Å². The van der Waals surface area contributed by atoms with Gasteiger partial charge in [-0.1, -0.05) is 6.07 Å². The molecule has 1 amide bonds. The van der Waals surface area contributed by atoms with Gasteiger partial charge in [-0.05, 0) is 60.9 Å². The number of aryl methyl sites for hydroxylation is 2. The molecule has 0 bridgehead atoms. The van der Waals surface area contributed by atoms with E-state index in [0.717, 1.165) is 41.3 Å². The number of carbonyl (C=O) groups excluding carboxylic acids is 1. The highest BCUT2D eigenvalue weighted by Crippen LogP contribution is 2.23. The first-order valence-corrected chi connectivity index (χ1v) is 8.86. The first-order valence-electron chi connectivity index (χ1n) is 8.86. The van der Waals surface area contributed by atoms with Gasteiger partial charge in [-0.3, -0.25) is 4.79 Å². The van der Waals surface area contributed by atoms with Crippen LogP contribution in [0.25, 0.3) is 6.08 Å². The van der Waals surface area contributed by atoms with Gasteiger partial charge in [0.2, 0.25) is 5.91 Å². The molecule has 5 heteroatoms. The lowest BCUT2D eigenvalue weighted by Gasteiger charge is -2.34. The van der Waals surface area contributed by atoms with E-state index in [-0.39, 0.29) is 5.91 Å². The van der Waals surface area contributed by atoms with E-state index in [1.54, 1.807) is 19.4 Å². The average molecular weight is 351 g/mol. The third-order valence-corrected chi connectivity index (χ3v) is 4.76. The molecule has 0 aliphatic carbocycles. The van der Waals surface area contributed by atoms with Crippen LogP contribution in [-0.4, -0.2) is 49.1 Å². The maximum atomic E-state index is 12.5. The molecule has 1 saturated heterocycles. The minimum Gasteiger partial charge on any atom is -0.497 e. The van der Waals surface area contributed by atoms with Crippen LogP contribution in [-0.2, 0) is 4.79 Å². The normalized spacial score (nSPS) is 14.7. The lowest BCUT2D eigenvalue weighted by atomic mass is 10.0. The lowest BCUT2D eigenvalue weighted by molar-refractivity contribution is -0.126. The Morgan fingerprint density at radius 3 is 2.38 bits per heavy atom. The Hall–Kier alpha value is -2.82. The second-order valence-corrected chi connectivity index (χ2v) is 6.51. The Morgan fingerprint density at radius 2 is 1.81 bits per heavy atom. The Balaban J connectivity index is 1.62. The van der Waals surface area contributed by atoms with Gasteiger partial charge in [0, 0.05) is 38.5 Å². The maximum Gasteiger partial charge on any atom is 0.246 e. The van der Waals surface area contributed by atoms with Gasteiger partial charge in [0.25, 0.3) is 0 Å². The van der Waals surface area contributed by atoms with Gasteiger partial charge in [0.1, 0.15) is 11.6 Å². The molecule has 0 spiro atoms. The summed E-state index contributed by atoms with van der Waals surface area (Å²) in [5.41, 5.74) is 3.28. The smallest absolute Gasteiger partial charge is 0.246 e. The highest BCUT2D eigenvalue weighted by atomic mass is 16.5. The molecule has 1 aliphatic rings. The third kappa shape index (κ3) is 4.04. The number of piperazine rings is 1. The van der Waals surface area contributed by atoms with Crippen LogP contribution in [0.4, 0.5) is 5.82 Å². The van der Waals surface area contributed by atoms with Gasteiger partial charge < -0.3 is 14.5 Å². The zero-order valence-corrected chi connectivity index (χ0v) is 15.6. The van der Waals surface area contributed by atoms with Crippen LogP contribution >= 0.6 is 0 Å². The van der Waals surface area contributed by atoms with Gasteiger partial charge >= 0.3 is 0 Å². The Kier molecular flexibility index (Phi) is 5.56. The van der Waals surface area contributed by atoms with Gasteiger partial charge in [0.15, 0.2) is 0 Å². The number of ether oxygens (including phenoxy) is 1. The molecule has 136 valence electrons. The predicted octanol–water partition coefficient (Wildman–Crippen LogP) is 3.07. The molecule has 2 heterocycles. The maximum absolute atomic E-state index is 12.5. The summed E-state index contributed by atoms with van der Waals surface area (Å²) in [5, 5.41) is 0. The molecule has 1 aromatic heterocycles. The fraction of sp³-hybridized carbons (Fsp3) is 0.333. The highest BCUT2D eigenvalue weighted by molar-refractivity contribution is 5.92. The van der Waals surface area contributed by atoms with Gasteiger partial charge in [0.05, 0.1) is 7.11 Å². The standard InChI is InChI=1S/C21H25N3O2/c1-16-14-18(26-3)15-17(2)19(16)7-8-21(25)24-12-10-23(11-13-24)20-6-4-5-9-22-20/h4-9,14-15H,10-13H2,1-3H3/b8-7+. The van der Waals surface area contributed by atoms with Crippen LogP contribution < -0.4 is 9.64 Å². The molecule has 1 aromatic carbocycles. The number of hydrogen-bond donors (Lipinski definition) is 0. The van der Waals surface area contributed by atoms with Crippen molar-refractivity contribution in [2.75, 3.05) is 38.2 Å². The van der Waals surface area contributed by atoms with E-state index in [1.165, 1.54) is 0 Å². The second kappa shape index (κ2) is 8.04. The monoisotopic (exact) mass is 351 g/mol. The van der Waals surface area contributed by atoms with Crippen molar-refractivity contribution in [2.24, 2.45) is 0 Å². The summed E-state index contributed by atoms with van der Waals surface area (Å²) in [4.78, 5) is 21.0. The van der Waals surface area contributed by atoms with Crippen molar-refractivity contribution in [3.8, 4) is 5.75 Å². The van der Waals surface area contributed by atoms with E-state index in [4.69, 9.17) is 4.74 Å².